The summed E-state index contributed by atoms with van der Waals surface area (Å²) in [5, 5.41) is 11.9. The number of thiazole rings is 1. The predicted molar refractivity (Wildman–Crippen MR) is 70.5 cm³/mol. The van der Waals surface area contributed by atoms with Crippen LogP contribution in [0.25, 0.3) is 4.96 Å². The van der Waals surface area contributed by atoms with Gasteiger partial charge in [0.2, 0.25) is 5.88 Å². The van der Waals surface area contributed by atoms with Crippen molar-refractivity contribution in [1.29, 1.82) is 0 Å². The maximum atomic E-state index is 9.39. The maximum absolute atomic E-state index is 9.39. The molecular formula is C12H9ClN2O2S. The third-order valence-electron chi connectivity index (χ3n) is 2.50. The lowest BCUT2D eigenvalue weighted by Crippen LogP contribution is -1.93. The van der Waals surface area contributed by atoms with Crippen molar-refractivity contribution in [2.24, 2.45) is 0 Å². The molecule has 0 amide bonds. The van der Waals surface area contributed by atoms with Crippen molar-refractivity contribution in [1.82, 2.24) is 9.38 Å². The van der Waals surface area contributed by atoms with E-state index in [9.17, 15) is 5.11 Å². The minimum absolute atomic E-state index is 0.124. The molecule has 0 spiro atoms. The lowest BCUT2D eigenvalue weighted by atomic mass is 10.3. The van der Waals surface area contributed by atoms with Crippen LogP contribution in [0.2, 0.25) is 5.02 Å². The number of nitrogens with zero attached hydrogens (tertiary/aromatic N) is 2. The highest BCUT2D eigenvalue weighted by Gasteiger charge is 2.14. The fraction of sp³-hybridized carbons (Fsp3) is 0.0833. The van der Waals surface area contributed by atoms with Crippen molar-refractivity contribution in [3.05, 3.63) is 46.6 Å². The molecule has 1 N–H and O–H groups in total. The van der Waals surface area contributed by atoms with Crippen molar-refractivity contribution in [3.8, 4) is 11.6 Å². The van der Waals surface area contributed by atoms with Gasteiger partial charge in [0.15, 0.2) is 4.96 Å². The van der Waals surface area contributed by atoms with Crippen LogP contribution < -0.4 is 4.74 Å². The minimum Gasteiger partial charge on any atom is -0.437 e. The summed E-state index contributed by atoms with van der Waals surface area (Å²) >= 11 is 7.30. The minimum atomic E-state index is -0.124. The molecule has 6 heteroatoms. The molecule has 0 atom stereocenters. The van der Waals surface area contributed by atoms with Crippen molar-refractivity contribution in [2.75, 3.05) is 0 Å². The summed E-state index contributed by atoms with van der Waals surface area (Å²) < 4.78 is 7.47. The third kappa shape index (κ3) is 1.96. The zero-order valence-electron chi connectivity index (χ0n) is 9.21. The maximum Gasteiger partial charge on any atom is 0.244 e. The Hall–Kier alpha value is -1.56. The zero-order chi connectivity index (χ0) is 12.5. The number of aromatic nitrogens is 2. The Morgan fingerprint density at radius 3 is 2.83 bits per heavy atom. The van der Waals surface area contributed by atoms with Crippen LogP contribution in [0.1, 0.15) is 5.69 Å². The number of imidazole rings is 1. The van der Waals surface area contributed by atoms with Gasteiger partial charge in [-0.15, -0.1) is 11.3 Å². The Labute approximate surface area is 112 Å². The van der Waals surface area contributed by atoms with E-state index in [2.05, 4.69) is 4.98 Å². The predicted octanol–water partition coefficient (Wildman–Crippen LogP) is 3.33. The molecule has 0 aliphatic heterocycles. The summed E-state index contributed by atoms with van der Waals surface area (Å²) in [6.07, 6.45) is 1.85. The van der Waals surface area contributed by atoms with Crippen LogP contribution in [0.3, 0.4) is 0 Å². The van der Waals surface area contributed by atoms with Crippen LogP contribution in [-0.2, 0) is 6.61 Å². The van der Waals surface area contributed by atoms with Gasteiger partial charge in [0.25, 0.3) is 0 Å². The summed E-state index contributed by atoms with van der Waals surface area (Å²) in [5.41, 5.74) is 0.640. The highest BCUT2D eigenvalue weighted by Crippen LogP contribution is 2.28. The Balaban J connectivity index is 1.98. The largest absolute Gasteiger partial charge is 0.437 e. The van der Waals surface area contributed by atoms with Gasteiger partial charge in [-0.25, -0.2) is 0 Å². The van der Waals surface area contributed by atoms with E-state index in [0.717, 1.165) is 4.96 Å². The highest BCUT2D eigenvalue weighted by atomic mass is 35.5. The van der Waals surface area contributed by atoms with Crippen LogP contribution in [0.4, 0.5) is 0 Å². The SMILES string of the molecule is OCc1c(Oc2ccc(Cl)cc2)nc2sccn12. The molecule has 92 valence electrons. The van der Waals surface area contributed by atoms with E-state index in [0.29, 0.717) is 22.3 Å². The first-order chi connectivity index (χ1) is 8.78. The van der Waals surface area contributed by atoms with Crippen LogP contribution in [-0.4, -0.2) is 14.5 Å². The van der Waals surface area contributed by atoms with Crippen LogP contribution >= 0.6 is 22.9 Å². The van der Waals surface area contributed by atoms with E-state index in [-0.39, 0.29) is 6.61 Å². The summed E-state index contributed by atoms with van der Waals surface area (Å²) in [4.78, 5) is 5.12. The smallest absolute Gasteiger partial charge is 0.244 e. The van der Waals surface area contributed by atoms with Crippen LogP contribution in [0.15, 0.2) is 35.8 Å². The monoisotopic (exact) mass is 280 g/mol. The second kappa shape index (κ2) is 4.61. The molecule has 0 unspecified atom stereocenters. The fourth-order valence-corrected chi connectivity index (χ4v) is 2.50. The fourth-order valence-electron chi connectivity index (χ4n) is 1.65. The second-order valence-corrected chi connectivity index (χ2v) is 4.94. The molecule has 18 heavy (non-hydrogen) atoms. The van der Waals surface area contributed by atoms with E-state index < -0.39 is 0 Å². The summed E-state index contributed by atoms with van der Waals surface area (Å²) in [5.74, 6) is 1.06. The molecule has 0 saturated heterocycles. The van der Waals surface area contributed by atoms with Gasteiger partial charge >= 0.3 is 0 Å². The molecule has 0 saturated carbocycles. The summed E-state index contributed by atoms with van der Waals surface area (Å²) in [7, 11) is 0. The van der Waals surface area contributed by atoms with Crippen LogP contribution in [0.5, 0.6) is 11.6 Å². The third-order valence-corrected chi connectivity index (χ3v) is 3.51. The quantitative estimate of drug-likeness (QED) is 0.800. The van der Waals surface area contributed by atoms with E-state index >= 15 is 0 Å². The van der Waals surface area contributed by atoms with Gasteiger partial charge in [-0.2, -0.15) is 4.98 Å². The summed E-state index contributed by atoms with van der Waals surface area (Å²) in [6, 6.07) is 7.01. The number of benzene rings is 1. The molecule has 0 fully saturated rings. The topological polar surface area (TPSA) is 46.8 Å². The number of hydrogen-bond donors (Lipinski definition) is 1. The van der Waals surface area contributed by atoms with E-state index in [1.165, 1.54) is 11.3 Å². The van der Waals surface area contributed by atoms with Gasteiger partial charge in [-0.1, -0.05) is 11.6 Å². The van der Waals surface area contributed by atoms with Crippen LogP contribution in [0, 0.1) is 0 Å². The molecule has 3 aromatic rings. The molecule has 0 aliphatic carbocycles. The first-order valence-electron chi connectivity index (χ1n) is 5.26. The molecule has 0 radical (unpaired) electrons. The zero-order valence-corrected chi connectivity index (χ0v) is 10.8. The normalized spacial score (nSPS) is 11.0. The molecule has 0 bridgehead atoms. The van der Waals surface area contributed by atoms with E-state index in [4.69, 9.17) is 16.3 Å². The molecule has 3 rings (SSSR count). The number of aliphatic hydroxyl groups is 1. The first-order valence-corrected chi connectivity index (χ1v) is 6.52. The Morgan fingerprint density at radius 1 is 1.33 bits per heavy atom. The van der Waals surface area contributed by atoms with Gasteiger partial charge in [0.1, 0.15) is 11.4 Å². The van der Waals surface area contributed by atoms with Crippen molar-refractivity contribution >= 4 is 27.9 Å². The number of rotatable bonds is 3. The summed E-state index contributed by atoms with van der Waals surface area (Å²) in [6.45, 7) is -0.124. The van der Waals surface area contributed by atoms with Gasteiger partial charge in [-0.3, -0.25) is 4.40 Å². The van der Waals surface area contributed by atoms with Gasteiger partial charge in [-0.05, 0) is 24.3 Å². The Morgan fingerprint density at radius 2 is 2.11 bits per heavy atom. The molecule has 2 aromatic heterocycles. The van der Waals surface area contributed by atoms with Gasteiger partial charge in [0.05, 0.1) is 6.61 Å². The Kier molecular flexibility index (Phi) is 2.95. The van der Waals surface area contributed by atoms with Crippen molar-refractivity contribution in [2.45, 2.75) is 6.61 Å². The van der Waals surface area contributed by atoms with Crippen molar-refractivity contribution in [3.63, 3.8) is 0 Å². The highest BCUT2D eigenvalue weighted by molar-refractivity contribution is 7.15. The van der Waals surface area contributed by atoms with Crippen molar-refractivity contribution < 1.29 is 9.84 Å². The lowest BCUT2D eigenvalue weighted by Gasteiger charge is -2.04. The number of fused-ring (bicyclic) bond motifs is 1. The van der Waals surface area contributed by atoms with Gasteiger partial charge in [0, 0.05) is 16.6 Å². The first kappa shape index (κ1) is 11.5. The molecule has 4 nitrogen and oxygen atoms in total. The molecule has 0 aliphatic rings. The average Bonchev–Trinajstić information content (AvgIpc) is 2.92. The van der Waals surface area contributed by atoms with Gasteiger partial charge < -0.3 is 9.84 Å². The van der Waals surface area contributed by atoms with E-state index in [1.807, 2.05) is 16.0 Å². The number of aliphatic hydroxyl groups excluding tert-OH is 1. The number of ether oxygens (including phenoxy) is 1. The molecule has 2 heterocycles. The Bertz CT molecular complexity index is 675. The standard InChI is InChI=1S/C12H9ClN2O2S/c13-8-1-3-9(4-2-8)17-11-10(7-16)15-5-6-18-12(15)14-11/h1-6,16H,7H2. The second-order valence-electron chi connectivity index (χ2n) is 3.63. The average molecular weight is 281 g/mol. The number of halogens is 1. The molecule has 1 aromatic carbocycles. The number of hydrogen-bond acceptors (Lipinski definition) is 4. The lowest BCUT2D eigenvalue weighted by molar-refractivity contribution is 0.270. The molecular weight excluding hydrogens is 272 g/mol. The van der Waals surface area contributed by atoms with E-state index in [1.54, 1.807) is 24.3 Å².